The summed E-state index contributed by atoms with van der Waals surface area (Å²) in [4.78, 5) is 114. The van der Waals surface area contributed by atoms with E-state index >= 15 is 0 Å². The van der Waals surface area contributed by atoms with Crippen LogP contribution >= 0.6 is 23.5 Å². The van der Waals surface area contributed by atoms with Gasteiger partial charge in [0.25, 0.3) is 5.91 Å². The van der Waals surface area contributed by atoms with E-state index in [1.807, 2.05) is 0 Å². The molecule has 9 N–H and O–H groups in total. The lowest BCUT2D eigenvalue weighted by Crippen LogP contribution is -2.71. The Bertz CT molecular complexity index is 2020. The molecule has 0 aliphatic carbocycles. The van der Waals surface area contributed by atoms with Crippen LogP contribution in [0.15, 0.2) is 35.5 Å². The number of benzene rings is 1. The number of carboxylic acid groups (broad SMARTS) is 2. The minimum atomic E-state index is -4.03. The maximum absolute atomic E-state index is 13.9. The van der Waals surface area contributed by atoms with Gasteiger partial charge in [-0.3, -0.25) is 39.6 Å². The van der Waals surface area contributed by atoms with Crippen LogP contribution in [0.25, 0.3) is 0 Å². The number of carboxylic acids is 2. The molecule has 302 valence electrons. The Kier molecular flexibility index (Phi) is 12.3. The molecule has 5 atom stereocenters. The van der Waals surface area contributed by atoms with Crippen LogP contribution in [0.3, 0.4) is 0 Å². The highest BCUT2D eigenvalue weighted by atomic mass is 32.2. The van der Waals surface area contributed by atoms with Crippen molar-refractivity contribution in [2.24, 2.45) is 5.73 Å². The third-order valence-electron chi connectivity index (χ3n) is 8.40. The zero-order valence-corrected chi connectivity index (χ0v) is 31.6. The number of hydrogen-bond donors (Lipinski definition) is 8. The average molecular weight is 843 g/mol. The lowest BCUT2D eigenvalue weighted by atomic mass is 10.0. The van der Waals surface area contributed by atoms with Crippen LogP contribution in [0.2, 0.25) is 0 Å². The molecule has 27 heteroatoms. The number of nitrogens with two attached hydrogens (primary N) is 1. The number of nitrogens with one attached hydrogen (secondary N) is 5. The summed E-state index contributed by atoms with van der Waals surface area (Å²) < 4.78 is 29.3. The number of anilines is 1. The van der Waals surface area contributed by atoms with Crippen molar-refractivity contribution in [2.45, 2.75) is 29.0 Å². The number of rotatable bonds is 13. The molecule has 0 saturated carbocycles. The first-order valence-electron chi connectivity index (χ1n) is 16.1. The number of fused-ring (bicyclic) bond motifs is 1. The topological polar surface area (TPSA) is 337 Å². The molecule has 4 aliphatic rings. The molecule has 5 rings (SSSR count). The molecular formula is C29H34N10O14S3. The van der Waals surface area contributed by atoms with Crippen LogP contribution in [-0.4, -0.2) is 159 Å². The van der Waals surface area contributed by atoms with E-state index in [2.05, 4.69) is 26.7 Å². The van der Waals surface area contributed by atoms with Crippen molar-refractivity contribution in [2.75, 3.05) is 49.8 Å². The van der Waals surface area contributed by atoms with Crippen molar-refractivity contribution < 1.29 is 66.5 Å². The first-order chi connectivity index (χ1) is 26.3. The number of carbonyl (C=O) groups is 9. The van der Waals surface area contributed by atoms with Crippen LogP contribution in [-0.2, 0) is 43.5 Å². The van der Waals surface area contributed by atoms with Gasteiger partial charge in [0.15, 0.2) is 0 Å². The third kappa shape index (κ3) is 8.91. The largest absolute Gasteiger partial charge is 0.480 e. The summed E-state index contributed by atoms with van der Waals surface area (Å²) in [7, 11) is -2.53. The fourth-order valence-corrected chi connectivity index (χ4v) is 8.91. The van der Waals surface area contributed by atoms with Gasteiger partial charge in [-0.1, -0.05) is 12.1 Å². The molecule has 1 aromatic carbocycles. The normalized spacial score (nSPS) is 22.3. The number of imide groups is 1. The lowest BCUT2D eigenvalue weighted by Gasteiger charge is -2.49. The Morgan fingerprint density at radius 2 is 1.75 bits per heavy atom. The predicted molar refractivity (Wildman–Crippen MR) is 192 cm³/mol. The molecule has 4 heterocycles. The van der Waals surface area contributed by atoms with E-state index in [0.717, 1.165) is 34.7 Å². The number of amides is 9. The highest BCUT2D eigenvalue weighted by Gasteiger charge is 2.54. The molecule has 1 unspecified atom stereocenters. The van der Waals surface area contributed by atoms with Gasteiger partial charge >= 0.3 is 41.9 Å². The number of hydrogen-bond acceptors (Lipinski definition) is 16. The summed E-state index contributed by atoms with van der Waals surface area (Å²) in [6, 6.07) is -1.58. The summed E-state index contributed by atoms with van der Waals surface area (Å²) in [5.74, 6) is -6.23. The molecule has 4 aliphatic heterocycles. The van der Waals surface area contributed by atoms with Crippen molar-refractivity contribution in [1.82, 2.24) is 40.5 Å². The van der Waals surface area contributed by atoms with Crippen LogP contribution in [0, 0.1) is 0 Å². The van der Waals surface area contributed by atoms with E-state index in [-0.39, 0.29) is 41.5 Å². The zero-order chi connectivity index (χ0) is 41.2. The zero-order valence-electron chi connectivity index (χ0n) is 29.1. The van der Waals surface area contributed by atoms with Gasteiger partial charge in [0.2, 0.25) is 15.9 Å². The Morgan fingerprint density at radius 3 is 2.36 bits per heavy atom. The standard InChI is InChI=1S/C29H34N10O14S3/c1-36-27(34-20(41)21(42)35-36)55-11-13-10-54-23-17(22(43)39(23)18(13)25(46)47)32-19(40)16(33-26(48)37-7-8-38(29(37)50)56(2,51)52)12-3-5-14(6-4-12)31-28(49)53-9-15(30)24(44)45/h3-6,15-17,23,27H,7-11,30H2,1-2H3,(H,31,49)(H,32,40)(H,33,48)(H,34,41)(H,35,42)(H,44,45)(H,46,47)/t15-,16-,17-,23+,27?/m1/s1. The molecule has 3 saturated heterocycles. The molecule has 0 radical (unpaired) electrons. The third-order valence-corrected chi connectivity index (χ3v) is 12.1. The Hall–Kier alpha value is -5.64. The number of nitrogens with zero attached hydrogens (tertiary/aromatic N) is 4. The van der Waals surface area contributed by atoms with Crippen molar-refractivity contribution in [3.63, 3.8) is 0 Å². The number of carbonyl (C=O) groups excluding carboxylic acids is 7. The number of hydrazine groups is 1. The number of ether oxygens (including phenoxy) is 1. The van der Waals surface area contributed by atoms with E-state index in [1.165, 1.54) is 36.3 Å². The van der Waals surface area contributed by atoms with Crippen LogP contribution in [0.4, 0.5) is 20.1 Å². The molecule has 0 bridgehead atoms. The van der Waals surface area contributed by atoms with Gasteiger partial charge in [0.05, 0.1) is 19.3 Å². The van der Waals surface area contributed by atoms with Gasteiger partial charge in [-0.15, -0.1) is 23.5 Å². The fourth-order valence-electron chi connectivity index (χ4n) is 5.57. The van der Waals surface area contributed by atoms with Crippen molar-refractivity contribution in [3.05, 3.63) is 41.1 Å². The Balaban J connectivity index is 1.31. The molecule has 1 aromatic rings. The van der Waals surface area contributed by atoms with Gasteiger partial charge in [-0.25, -0.2) is 36.8 Å². The molecule has 0 spiro atoms. The van der Waals surface area contributed by atoms with Gasteiger partial charge in [-0.2, -0.15) is 5.01 Å². The van der Waals surface area contributed by atoms with Gasteiger partial charge in [0.1, 0.15) is 41.3 Å². The highest BCUT2D eigenvalue weighted by Crippen LogP contribution is 2.41. The molecule has 3 fully saturated rings. The van der Waals surface area contributed by atoms with Gasteiger partial charge < -0.3 is 36.6 Å². The van der Waals surface area contributed by atoms with Crippen molar-refractivity contribution >= 4 is 93.0 Å². The lowest BCUT2D eigenvalue weighted by molar-refractivity contribution is -0.151. The molecular weight excluding hydrogens is 809 g/mol. The first-order valence-corrected chi connectivity index (χ1v) is 20.0. The number of β-lactam (4-membered cyclic amide) rings is 1. The van der Waals surface area contributed by atoms with E-state index in [4.69, 9.17) is 15.6 Å². The summed E-state index contributed by atoms with van der Waals surface area (Å²) in [6.07, 6.45) is -0.282. The molecule has 24 nitrogen and oxygen atoms in total. The molecule has 9 amide bonds. The first kappa shape index (κ1) is 41.5. The summed E-state index contributed by atoms with van der Waals surface area (Å²) in [6.45, 7) is -1.33. The average Bonchev–Trinajstić information content (AvgIpc) is 3.54. The second kappa shape index (κ2) is 16.6. The maximum atomic E-state index is 13.9. The summed E-state index contributed by atoms with van der Waals surface area (Å²) in [5.41, 5.74) is 7.06. The summed E-state index contributed by atoms with van der Waals surface area (Å²) >= 11 is 2.22. The second-order valence-electron chi connectivity index (χ2n) is 12.3. The minimum absolute atomic E-state index is 0.0336. The fraction of sp³-hybridized carbons (Fsp3) is 0.414. The maximum Gasteiger partial charge on any atom is 0.411 e. The van der Waals surface area contributed by atoms with Gasteiger partial charge in [-0.05, 0) is 23.3 Å². The van der Waals surface area contributed by atoms with E-state index < -0.39 is 99.4 Å². The van der Waals surface area contributed by atoms with Crippen LogP contribution < -0.4 is 32.4 Å². The number of thioether (sulfide) groups is 2. The highest BCUT2D eigenvalue weighted by molar-refractivity contribution is 8.01. The van der Waals surface area contributed by atoms with Crippen LogP contribution in [0.1, 0.15) is 11.6 Å². The van der Waals surface area contributed by atoms with E-state index in [0.29, 0.717) is 14.8 Å². The molecule has 56 heavy (non-hydrogen) atoms. The summed E-state index contributed by atoms with van der Waals surface area (Å²) in [5, 5.41) is 29.0. The van der Waals surface area contributed by atoms with Crippen molar-refractivity contribution in [1.29, 1.82) is 0 Å². The smallest absolute Gasteiger partial charge is 0.411 e. The SMILES string of the molecule is CN1NC(=O)C(=O)NC1SCC1=C(C(=O)O)N2C(=O)[C@@H](NC(=O)[C@H](NC(=O)N3CCN(S(C)(=O)=O)C3=O)c3ccc(NC(=O)OC[C@@H](N)C(=O)O)cc3)[C@@H]2SC1. The number of aliphatic carboxylic acids is 2. The quantitative estimate of drug-likeness (QED) is 0.0722. The monoisotopic (exact) mass is 842 g/mol. The van der Waals surface area contributed by atoms with Gasteiger partial charge in [0, 0.05) is 24.2 Å². The van der Waals surface area contributed by atoms with E-state index in [1.54, 1.807) is 0 Å². The Labute approximate surface area is 324 Å². The Morgan fingerprint density at radius 1 is 1.07 bits per heavy atom. The van der Waals surface area contributed by atoms with Crippen LogP contribution in [0.5, 0.6) is 0 Å². The second-order valence-corrected chi connectivity index (χ2v) is 16.4. The predicted octanol–water partition coefficient (Wildman–Crippen LogP) is -3.06. The number of sulfonamides is 1. The van der Waals surface area contributed by atoms with Crippen molar-refractivity contribution in [3.8, 4) is 0 Å². The van der Waals surface area contributed by atoms with E-state index in [9.17, 15) is 56.7 Å². The number of urea groups is 2. The minimum Gasteiger partial charge on any atom is -0.480 e. The molecule has 0 aromatic heterocycles.